The first-order valence-electron chi connectivity index (χ1n) is 5.12. The molecule has 0 saturated heterocycles. The molecule has 0 radical (unpaired) electrons. The Morgan fingerprint density at radius 2 is 1.71 bits per heavy atom. The zero-order chi connectivity index (χ0) is 12.4. The molecular weight excluding hydrogens is 218 g/mol. The van der Waals surface area contributed by atoms with Crippen molar-refractivity contribution < 1.29 is 9.59 Å². The number of hydrogen-bond acceptors (Lipinski definition) is 5. The Kier molecular flexibility index (Phi) is 2.82. The molecule has 0 aliphatic heterocycles. The molecule has 1 aliphatic rings. The van der Waals surface area contributed by atoms with Crippen LogP contribution in [0.4, 0.5) is 5.95 Å². The van der Waals surface area contributed by atoms with Crippen molar-refractivity contribution in [2.24, 2.45) is 0 Å². The van der Waals surface area contributed by atoms with E-state index in [1.54, 1.807) is 0 Å². The van der Waals surface area contributed by atoms with Crippen molar-refractivity contribution in [3.8, 4) is 0 Å². The number of nitrogens with one attached hydrogen (secondary N) is 1. The van der Waals surface area contributed by atoms with Gasteiger partial charge in [0.2, 0.25) is 11.7 Å². The molecule has 1 aliphatic carbocycles. The summed E-state index contributed by atoms with van der Waals surface area (Å²) in [6.07, 6.45) is 3.70. The molecule has 1 aromatic rings. The van der Waals surface area contributed by atoms with Gasteiger partial charge < -0.3 is 5.32 Å². The first-order chi connectivity index (χ1) is 8.04. The van der Waals surface area contributed by atoms with E-state index in [1.807, 2.05) is 19.9 Å². The van der Waals surface area contributed by atoms with Gasteiger partial charge in [0.05, 0.1) is 5.70 Å². The highest BCUT2D eigenvalue weighted by Gasteiger charge is 2.14. The molecule has 0 amide bonds. The molecule has 17 heavy (non-hydrogen) atoms. The van der Waals surface area contributed by atoms with Gasteiger partial charge in [0.1, 0.15) is 0 Å². The van der Waals surface area contributed by atoms with Gasteiger partial charge in [-0.05, 0) is 32.1 Å². The quantitative estimate of drug-likeness (QED) is 0.769. The average molecular weight is 229 g/mol. The van der Waals surface area contributed by atoms with Gasteiger partial charge in [-0.2, -0.15) is 0 Å². The fourth-order valence-corrected chi connectivity index (χ4v) is 1.51. The van der Waals surface area contributed by atoms with Crippen molar-refractivity contribution >= 4 is 17.5 Å². The highest BCUT2D eigenvalue weighted by atomic mass is 16.1. The molecule has 86 valence electrons. The minimum atomic E-state index is -0.257. The Balaban J connectivity index is 2.26. The Morgan fingerprint density at radius 1 is 1.06 bits per heavy atom. The number of ketones is 2. The summed E-state index contributed by atoms with van der Waals surface area (Å²) in [6, 6.07) is 1.83. The highest BCUT2D eigenvalue weighted by molar-refractivity contribution is 6.18. The molecule has 0 atom stereocenters. The maximum atomic E-state index is 11.5. The molecule has 1 N–H and O–H groups in total. The van der Waals surface area contributed by atoms with Crippen LogP contribution < -0.4 is 5.32 Å². The minimum absolute atomic E-state index is 0.197. The lowest BCUT2D eigenvalue weighted by Gasteiger charge is -2.09. The number of aromatic nitrogens is 2. The molecule has 0 saturated carbocycles. The van der Waals surface area contributed by atoms with E-state index in [1.165, 1.54) is 18.2 Å². The van der Waals surface area contributed by atoms with Crippen molar-refractivity contribution in [1.29, 1.82) is 0 Å². The number of carbonyl (C=O) groups is 2. The van der Waals surface area contributed by atoms with E-state index in [4.69, 9.17) is 0 Å². The molecule has 0 spiro atoms. The van der Waals surface area contributed by atoms with Gasteiger partial charge in [0, 0.05) is 17.5 Å². The van der Waals surface area contributed by atoms with E-state index in [2.05, 4.69) is 15.3 Å². The van der Waals surface area contributed by atoms with Gasteiger partial charge in [0.15, 0.2) is 5.78 Å². The molecule has 1 aromatic heterocycles. The Bertz CT molecular complexity index is 539. The van der Waals surface area contributed by atoms with Crippen LogP contribution >= 0.6 is 0 Å². The summed E-state index contributed by atoms with van der Waals surface area (Å²) in [4.78, 5) is 30.9. The lowest BCUT2D eigenvalue weighted by molar-refractivity contribution is -0.114. The summed E-state index contributed by atoms with van der Waals surface area (Å²) in [6.45, 7) is 3.67. The zero-order valence-corrected chi connectivity index (χ0v) is 9.52. The topological polar surface area (TPSA) is 72.0 Å². The second-order valence-corrected chi connectivity index (χ2v) is 3.76. The van der Waals surface area contributed by atoms with Crippen LogP contribution in [-0.4, -0.2) is 21.5 Å². The van der Waals surface area contributed by atoms with E-state index in [0.29, 0.717) is 5.95 Å². The standard InChI is InChI=1S/C12H11N3O2/c1-7-5-8(2)14-12(13-7)15-10-6-9(16)3-4-11(10)17/h3-6H,1-2H3,(H,13,14,15). The molecule has 0 bridgehead atoms. The summed E-state index contributed by atoms with van der Waals surface area (Å²) >= 11 is 0. The van der Waals surface area contributed by atoms with Gasteiger partial charge >= 0.3 is 0 Å². The second-order valence-electron chi connectivity index (χ2n) is 3.76. The van der Waals surface area contributed by atoms with Crippen LogP contribution in [-0.2, 0) is 9.59 Å². The number of carbonyl (C=O) groups excluding carboxylic acids is 2. The third-order valence-electron chi connectivity index (χ3n) is 2.18. The van der Waals surface area contributed by atoms with Crippen LogP contribution in [0.1, 0.15) is 11.4 Å². The van der Waals surface area contributed by atoms with Crippen LogP contribution in [0.5, 0.6) is 0 Å². The third kappa shape index (κ3) is 2.63. The highest BCUT2D eigenvalue weighted by Crippen LogP contribution is 2.10. The number of hydrogen-bond donors (Lipinski definition) is 1. The molecular formula is C12H11N3O2. The second kappa shape index (κ2) is 4.29. The van der Waals surface area contributed by atoms with E-state index in [0.717, 1.165) is 11.4 Å². The van der Waals surface area contributed by atoms with Gasteiger partial charge in [-0.3, -0.25) is 9.59 Å². The fourth-order valence-electron chi connectivity index (χ4n) is 1.51. The van der Waals surface area contributed by atoms with Gasteiger partial charge in [-0.1, -0.05) is 0 Å². The van der Waals surface area contributed by atoms with Crippen LogP contribution in [0.2, 0.25) is 0 Å². The molecule has 0 fully saturated rings. The van der Waals surface area contributed by atoms with Crippen LogP contribution in [0.25, 0.3) is 0 Å². The summed E-state index contributed by atoms with van der Waals surface area (Å²) in [5.74, 6) is -0.158. The summed E-state index contributed by atoms with van der Waals surface area (Å²) < 4.78 is 0. The number of nitrogens with zero attached hydrogens (tertiary/aromatic N) is 2. The van der Waals surface area contributed by atoms with Crippen molar-refractivity contribution in [2.75, 3.05) is 5.32 Å². The molecule has 0 unspecified atom stereocenters. The summed E-state index contributed by atoms with van der Waals surface area (Å²) in [5, 5.41) is 2.76. The number of rotatable bonds is 2. The molecule has 0 aromatic carbocycles. The predicted molar refractivity (Wildman–Crippen MR) is 62.4 cm³/mol. The predicted octanol–water partition coefficient (Wildman–Crippen LogP) is 1.10. The van der Waals surface area contributed by atoms with Gasteiger partial charge in [-0.15, -0.1) is 0 Å². The smallest absolute Gasteiger partial charge is 0.227 e. The Morgan fingerprint density at radius 3 is 2.35 bits per heavy atom. The monoisotopic (exact) mass is 229 g/mol. The van der Waals surface area contributed by atoms with E-state index in [9.17, 15) is 9.59 Å². The van der Waals surface area contributed by atoms with Crippen LogP contribution in [0.3, 0.4) is 0 Å². The van der Waals surface area contributed by atoms with E-state index >= 15 is 0 Å². The SMILES string of the molecule is Cc1cc(C)nc(NC2=CC(=O)C=CC2=O)n1. The lowest BCUT2D eigenvalue weighted by Crippen LogP contribution is -2.16. The van der Waals surface area contributed by atoms with Crippen molar-refractivity contribution in [2.45, 2.75) is 13.8 Å². The first kappa shape index (κ1) is 11.2. The van der Waals surface area contributed by atoms with Gasteiger partial charge in [-0.25, -0.2) is 9.97 Å². The normalized spacial score (nSPS) is 14.8. The fraction of sp³-hybridized carbons (Fsp3) is 0.167. The van der Waals surface area contributed by atoms with Crippen LogP contribution in [0.15, 0.2) is 30.0 Å². The van der Waals surface area contributed by atoms with E-state index < -0.39 is 0 Å². The minimum Gasteiger partial charge on any atom is -0.321 e. The Labute approximate surface area is 98.3 Å². The maximum Gasteiger partial charge on any atom is 0.227 e. The largest absolute Gasteiger partial charge is 0.321 e. The van der Waals surface area contributed by atoms with Gasteiger partial charge in [0.25, 0.3) is 0 Å². The third-order valence-corrected chi connectivity index (χ3v) is 2.18. The maximum absolute atomic E-state index is 11.5. The van der Waals surface area contributed by atoms with E-state index in [-0.39, 0.29) is 17.3 Å². The van der Waals surface area contributed by atoms with Crippen molar-refractivity contribution in [3.05, 3.63) is 41.4 Å². The average Bonchev–Trinajstić information content (AvgIpc) is 2.22. The number of aryl methyl sites for hydroxylation is 2. The Hall–Kier alpha value is -2.30. The van der Waals surface area contributed by atoms with Crippen molar-refractivity contribution in [1.82, 2.24) is 9.97 Å². The molecule has 1 heterocycles. The molecule has 2 rings (SSSR count). The molecule has 5 heteroatoms. The number of anilines is 1. The van der Waals surface area contributed by atoms with Crippen molar-refractivity contribution in [3.63, 3.8) is 0 Å². The summed E-state index contributed by atoms with van der Waals surface area (Å²) in [5.41, 5.74) is 1.79. The molecule has 5 nitrogen and oxygen atoms in total. The summed E-state index contributed by atoms with van der Waals surface area (Å²) in [7, 11) is 0. The van der Waals surface area contributed by atoms with Crippen LogP contribution in [0, 0.1) is 13.8 Å². The first-order valence-corrected chi connectivity index (χ1v) is 5.12. The number of allylic oxidation sites excluding steroid dienone is 3. The zero-order valence-electron chi connectivity index (χ0n) is 9.52. The lowest BCUT2D eigenvalue weighted by atomic mass is 10.1.